The van der Waals surface area contributed by atoms with Crippen LogP contribution in [-0.4, -0.2) is 51.2 Å². The lowest BCUT2D eigenvalue weighted by Gasteiger charge is -2.32. The number of thioether (sulfide) groups is 1. The van der Waals surface area contributed by atoms with Crippen molar-refractivity contribution in [3.05, 3.63) is 17.8 Å². The van der Waals surface area contributed by atoms with Gasteiger partial charge in [-0.3, -0.25) is 4.79 Å². The lowest BCUT2D eigenvalue weighted by molar-refractivity contribution is -0.130. The Morgan fingerprint density at radius 1 is 1.26 bits per heavy atom. The zero-order chi connectivity index (χ0) is 16.1. The monoisotopic (exact) mass is 335 g/mol. The largest absolute Gasteiger partial charge is 0.471 e. The summed E-state index contributed by atoms with van der Waals surface area (Å²) in [6.07, 6.45) is 7.18. The van der Waals surface area contributed by atoms with Crippen molar-refractivity contribution in [2.24, 2.45) is 0 Å². The molecular formula is C17H25N3O2S. The molecule has 1 aromatic heterocycles. The van der Waals surface area contributed by atoms with Crippen molar-refractivity contribution < 1.29 is 9.53 Å². The minimum absolute atomic E-state index is 0.0289. The topological polar surface area (TPSA) is 55.3 Å². The fourth-order valence-electron chi connectivity index (χ4n) is 3.22. The van der Waals surface area contributed by atoms with Crippen LogP contribution in [-0.2, 0) is 4.79 Å². The Labute approximate surface area is 142 Å². The molecule has 1 unspecified atom stereocenters. The molecule has 0 N–H and O–H groups in total. The van der Waals surface area contributed by atoms with Gasteiger partial charge in [0.05, 0.1) is 18.0 Å². The van der Waals surface area contributed by atoms with Gasteiger partial charge in [0, 0.05) is 17.9 Å². The number of carbonyl (C=O) groups is 1. The van der Waals surface area contributed by atoms with E-state index in [2.05, 4.69) is 10.2 Å². The van der Waals surface area contributed by atoms with Crippen molar-refractivity contribution in [2.45, 2.75) is 56.8 Å². The van der Waals surface area contributed by atoms with Crippen LogP contribution in [0.25, 0.3) is 0 Å². The first kappa shape index (κ1) is 16.6. The van der Waals surface area contributed by atoms with Gasteiger partial charge in [0.25, 0.3) is 0 Å². The highest BCUT2D eigenvalue weighted by atomic mass is 32.2. The molecule has 5 nitrogen and oxygen atoms in total. The number of nitrogens with zero attached hydrogens (tertiary/aromatic N) is 3. The quantitative estimate of drug-likeness (QED) is 0.828. The summed E-state index contributed by atoms with van der Waals surface area (Å²) in [5.41, 5.74) is 0.877. The highest BCUT2D eigenvalue weighted by Gasteiger charge is 2.26. The number of aromatic nitrogens is 2. The molecule has 0 bridgehead atoms. The predicted octanol–water partition coefficient (Wildman–Crippen LogP) is 2.83. The van der Waals surface area contributed by atoms with Crippen LogP contribution >= 0.6 is 11.8 Å². The van der Waals surface area contributed by atoms with Gasteiger partial charge >= 0.3 is 0 Å². The second kappa shape index (κ2) is 7.99. The first-order valence-electron chi connectivity index (χ1n) is 8.57. The molecule has 0 radical (unpaired) electrons. The molecule has 1 aromatic rings. The zero-order valence-corrected chi connectivity index (χ0v) is 14.6. The Kier molecular flexibility index (Phi) is 5.75. The third-order valence-electron chi connectivity index (χ3n) is 4.54. The van der Waals surface area contributed by atoms with Gasteiger partial charge in [-0.25, -0.2) is 0 Å². The highest BCUT2D eigenvalue weighted by Crippen LogP contribution is 2.29. The lowest BCUT2D eigenvalue weighted by Crippen LogP contribution is -2.45. The molecule has 1 saturated carbocycles. The Hall–Kier alpha value is -1.30. The highest BCUT2D eigenvalue weighted by molar-refractivity contribution is 8.00. The van der Waals surface area contributed by atoms with Gasteiger partial charge in [-0.05, 0) is 38.7 Å². The van der Waals surface area contributed by atoms with E-state index in [-0.39, 0.29) is 12.0 Å². The number of rotatable bonds is 5. The number of hydrogen-bond donors (Lipinski definition) is 0. The Balaban J connectivity index is 1.46. The molecule has 2 fully saturated rings. The number of hydrogen-bond acceptors (Lipinski definition) is 5. The van der Waals surface area contributed by atoms with Crippen LogP contribution in [0.5, 0.6) is 5.88 Å². The maximum absolute atomic E-state index is 12.4. The van der Waals surface area contributed by atoms with Crippen LogP contribution in [0.3, 0.4) is 0 Å². The fraction of sp³-hybridized carbons (Fsp3) is 0.706. The van der Waals surface area contributed by atoms with Crippen molar-refractivity contribution in [1.29, 1.82) is 0 Å². The van der Waals surface area contributed by atoms with Gasteiger partial charge in [-0.2, -0.15) is 5.10 Å². The summed E-state index contributed by atoms with van der Waals surface area (Å²) in [6.45, 7) is 3.42. The average molecular weight is 335 g/mol. The normalized spacial score (nSPS) is 22.3. The van der Waals surface area contributed by atoms with E-state index in [1.54, 1.807) is 0 Å². The third-order valence-corrected chi connectivity index (χ3v) is 5.89. The SMILES string of the molecule is Cc1ccc(OC2CCCN(C(=O)CSC3CCCC3)C2)nn1. The first-order chi connectivity index (χ1) is 11.2. The van der Waals surface area contributed by atoms with Crippen LogP contribution in [0.2, 0.25) is 0 Å². The number of likely N-dealkylation sites (tertiary alicyclic amines) is 1. The second-order valence-corrected chi connectivity index (χ2v) is 7.74. The molecule has 0 aromatic carbocycles. The van der Waals surface area contributed by atoms with E-state index >= 15 is 0 Å². The molecule has 3 rings (SSSR count). The van der Waals surface area contributed by atoms with Crippen LogP contribution in [0, 0.1) is 6.92 Å². The number of piperidine rings is 1. The Morgan fingerprint density at radius 3 is 2.83 bits per heavy atom. The van der Waals surface area contributed by atoms with Crippen molar-refractivity contribution in [3.63, 3.8) is 0 Å². The minimum atomic E-state index is 0.0289. The van der Waals surface area contributed by atoms with E-state index in [0.717, 1.165) is 25.1 Å². The molecule has 126 valence electrons. The summed E-state index contributed by atoms with van der Waals surface area (Å²) < 4.78 is 5.89. The summed E-state index contributed by atoms with van der Waals surface area (Å²) in [7, 11) is 0. The van der Waals surface area contributed by atoms with Crippen LogP contribution in [0.1, 0.15) is 44.2 Å². The Bertz CT molecular complexity index is 517. The smallest absolute Gasteiger partial charge is 0.233 e. The first-order valence-corrected chi connectivity index (χ1v) is 9.62. The van der Waals surface area contributed by atoms with Gasteiger partial charge in [0.15, 0.2) is 0 Å². The summed E-state index contributed by atoms with van der Waals surface area (Å²) in [5.74, 6) is 1.42. The minimum Gasteiger partial charge on any atom is -0.471 e. The summed E-state index contributed by atoms with van der Waals surface area (Å²) in [4.78, 5) is 14.4. The summed E-state index contributed by atoms with van der Waals surface area (Å²) in [6, 6.07) is 3.74. The number of aryl methyl sites for hydroxylation is 1. The van der Waals surface area contributed by atoms with E-state index in [0.29, 0.717) is 23.4 Å². The molecule has 2 aliphatic rings. The number of carbonyl (C=O) groups excluding carboxylic acids is 1. The molecular weight excluding hydrogens is 310 g/mol. The van der Waals surface area contributed by atoms with Gasteiger partial charge in [-0.1, -0.05) is 12.8 Å². The maximum Gasteiger partial charge on any atom is 0.233 e. The molecule has 1 amide bonds. The van der Waals surface area contributed by atoms with Crippen molar-refractivity contribution in [2.75, 3.05) is 18.8 Å². The van der Waals surface area contributed by atoms with Gasteiger partial charge < -0.3 is 9.64 Å². The molecule has 1 aliphatic heterocycles. The van der Waals surface area contributed by atoms with Crippen molar-refractivity contribution >= 4 is 17.7 Å². The molecule has 1 atom stereocenters. The summed E-state index contributed by atoms with van der Waals surface area (Å²) >= 11 is 1.84. The van der Waals surface area contributed by atoms with E-state index in [9.17, 15) is 4.79 Å². The van der Waals surface area contributed by atoms with E-state index in [1.807, 2.05) is 35.7 Å². The van der Waals surface area contributed by atoms with E-state index < -0.39 is 0 Å². The van der Waals surface area contributed by atoms with E-state index in [4.69, 9.17) is 4.74 Å². The molecule has 1 aliphatic carbocycles. The predicted molar refractivity (Wildman–Crippen MR) is 91.7 cm³/mol. The van der Waals surface area contributed by atoms with Gasteiger partial charge in [0.2, 0.25) is 11.8 Å². The second-order valence-electron chi connectivity index (χ2n) is 6.45. The van der Waals surface area contributed by atoms with Crippen molar-refractivity contribution in [3.8, 4) is 5.88 Å². The Morgan fingerprint density at radius 2 is 2.09 bits per heavy atom. The van der Waals surface area contributed by atoms with Gasteiger partial charge in [-0.15, -0.1) is 16.9 Å². The molecule has 2 heterocycles. The van der Waals surface area contributed by atoms with Crippen LogP contribution in [0.4, 0.5) is 0 Å². The molecule has 6 heteroatoms. The molecule has 23 heavy (non-hydrogen) atoms. The standard InChI is InChI=1S/C17H25N3O2S/c1-13-8-9-16(19-18-13)22-14-5-4-10-20(11-14)17(21)12-23-15-6-2-3-7-15/h8-9,14-15H,2-7,10-12H2,1H3. The van der Waals surface area contributed by atoms with Crippen LogP contribution < -0.4 is 4.74 Å². The number of ether oxygens (including phenoxy) is 1. The van der Waals surface area contributed by atoms with Crippen molar-refractivity contribution in [1.82, 2.24) is 15.1 Å². The third kappa shape index (κ3) is 4.83. The molecule has 1 saturated heterocycles. The average Bonchev–Trinajstić information content (AvgIpc) is 3.08. The zero-order valence-electron chi connectivity index (χ0n) is 13.7. The van der Waals surface area contributed by atoms with Crippen LogP contribution in [0.15, 0.2) is 12.1 Å². The van der Waals surface area contributed by atoms with E-state index in [1.165, 1.54) is 25.7 Å². The maximum atomic E-state index is 12.4. The summed E-state index contributed by atoms with van der Waals surface area (Å²) in [5, 5.41) is 8.76. The fourth-order valence-corrected chi connectivity index (χ4v) is 4.44. The number of amides is 1. The van der Waals surface area contributed by atoms with Gasteiger partial charge in [0.1, 0.15) is 6.10 Å². The lowest BCUT2D eigenvalue weighted by atomic mass is 10.1. The molecule has 0 spiro atoms.